The van der Waals surface area contributed by atoms with Crippen LogP contribution in [0.15, 0.2) is 30.3 Å². The first-order valence-corrected chi connectivity index (χ1v) is 6.84. The van der Waals surface area contributed by atoms with Gasteiger partial charge in [-0.3, -0.25) is 4.79 Å². The van der Waals surface area contributed by atoms with Gasteiger partial charge in [0.15, 0.2) is 5.78 Å². The normalized spacial score (nSPS) is 12.7. The molecule has 0 aliphatic carbocycles. The molecule has 0 radical (unpaired) electrons. The molecule has 0 spiro atoms. The molecule has 1 atom stereocenters. The van der Waals surface area contributed by atoms with Gasteiger partial charge in [0.2, 0.25) is 0 Å². The van der Waals surface area contributed by atoms with Crippen molar-refractivity contribution in [2.24, 2.45) is 5.92 Å². The summed E-state index contributed by atoms with van der Waals surface area (Å²) in [5.74, 6) is 0.851. The van der Waals surface area contributed by atoms with E-state index in [2.05, 4.69) is 13.8 Å². The first-order valence-electron chi connectivity index (χ1n) is 6.84. The number of hydrogen-bond acceptors (Lipinski definition) is 2. The minimum absolute atomic E-state index is 0.198. The van der Waals surface area contributed by atoms with Crippen LogP contribution in [0.4, 0.5) is 0 Å². The largest absolute Gasteiger partial charge is 0.366 e. The first-order chi connectivity index (χ1) is 8.65. The van der Waals surface area contributed by atoms with E-state index in [9.17, 15) is 4.79 Å². The van der Waals surface area contributed by atoms with Crippen LogP contribution in [0.2, 0.25) is 0 Å². The highest BCUT2D eigenvalue weighted by molar-refractivity contribution is 5.84. The smallest absolute Gasteiger partial charge is 0.166 e. The molecular formula is C16H24O2. The third kappa shape index (κ3) is 5.01. The molecule has 0 fully saturated rings. The summed E-state index contributed by atoms with van der Waals surface area (Å²) in [5, 5.41) is 0. The maximum atomic E-state index is 12.2. The molecule has 0 saturated heterocycles. The fourth-order valence-corrected chi connectivity index (χ4v) is 1.99. The van der Waals surface area contributed by atoms with E-state index in [4.69, 9.17) is 4.74 Å². The monoisotopic (exact) mass is 248 g/mol. The lowest BCUT2D eigenvalue weighted by Gasteiger charge is -2.16. The number of carbonyl (C=O) groups excluding carboxylic acids is 1. The molecule has 1 unspecified atom stereocenters. The molecular weight excluding hydrogens is 224 g/mol. The lowest BCUT2D eigenvalue weighted by Crippen LogP contribution is -2.16. The van der Waals surface area contributed by atoms with Crippen molar-refractivity contribution >= 4 is 5.78 Å². The summed E-state index contributed by atoms with van der Waals surface area (Å²) in [6, 6.07) is 9.77. The van der Waals surface area contributed by atoms with Crippen molar-refractivity contribution in [3.05, 3.63) is 35.9 Å². The summed E-state index contributed by atoms with van der Waals surface area (Å²) in [6.07, 6.45) is 2.27. The van der Waals surface area contributed by atoms with E-state index in [0.29, 0.717) is 18.9 Å². The first kappa shape index (κ1) is 14.9. The summed E-state index contributed by atoms with van der Waals surface area (Å²) in [6.45, 7) is 6.86. The van der Waals surface area contributed by atoms with Crippen molar-refractivity contribution < 1.29 is 9.53 Å². The second-order valence-electron chi connectivity index (χ2n) is 5.00. The zero-order valence-electron chi connectivity index (χ0n) is 11.7. The summed E-state index contributed by atoms with van der Waals surface area (Å²) in [4.78, 5) is 12.2. The average Bonchev–Trinajstić information content (AvgIpc) is 2.36. The Hall–Kier alpha value is -1.15. The molecule has 2 heteroatoms. The number of Topliss-reactive ketones (excluding diaryl/α,β-unsaturated/α-hetero) is 1. The second kappa shape index (κ2) is 8.04. The van der Waals surface area contributed by atoms with Crippen LogP contribution in [-0.4, -0.2) is 12.4 Å². The third-order valence-corrected chi connectivity index (χ3v) is 2.93. The summed E-state index contributed by atoms with van der Waals surface area (Å²) in [7, 11) is 0. The van der Waals surface area contributed by atoms with Gasteiger partial charge in [0, 0.05) is 13.0 Å². The van der Waals surface area contributed by atoms with Gasteiger partial charge >= 0.3 is 0 Å². The van der Waals surface area contributed by atoms with E-state index in [0.717, 1.165) is 18.4 Å². The molecule has 1 aromatic rings. The Bertz CT molecular complexity index is 343. The quantitative estimate of drug-likeness (QED) is 0.690. The van der Waals surface area contributed by atoms with E-state index in [-0.39, 0.29) is 11.9 Å². The van der Waals surface area contributed by atoms with Crippen LogP contribution in [0.1, 0.15) is 51.7 Å². The lowest BCUT2D eigenvalue weighted by atomic mass is 9.99. The number of hydrogen-bond donors (Lipinski definition) is 0. The van der Waals surface area contributed by atoms with Crippen molar-refractivity contribution in [1.29, 1.82) is 0 Å². The average molecular weight is 248 g/mol. The van der Waals surface area contributed by atoms with Crippen LogP contribution in [0.3, 0.4) is 0 Å². The molecule has 0 amide bonds. The SMILES string of the molecule is CCOC(C(=O)CCCC(C)C)c1ccccc1. The Kier molecular flexibility index (Phi) is 6.66. The van der Waals surface area contributed by atoms with Gasteiger partial charge in [0.05, 0.1) is 0 Å². The minimum Gasteiger partial charge on any atom is -0.366 e. The number of carbonyl (C=O) groups is 1. The second-order valence-corrected chi connectivity index (χ2v) is 5.00. The fourth-order valence-electron chi connectivity index (χ4n) is 1.99. The fraction of sp³-hybridized carbons (Fsp3) is 0.562. The zero-order valence-corrected chi connectivity index (χ0v) is 11.7. The molecule has 0 saturated carbocycles. The van der Waals surface area contributed by atoms with Crippen LogP contribution >= 0.6 is 0 Å². The Morgan fingerprint density at radius 2 is 1.89 bits per heavy atom. The number of ether oxygens (including phenoxy) is 1. The molecule has 100 valence electrons. The maximum absolute atomic E-state index is 12.2. The molecule has 1 rings (SSSR count). The van der Waals surface area contributed by atoms with Crippen LogP contribution < -0.4 is 0 Å². The van der Waals surface area contributed by atoms with Gasteiger partial charge in [-0.1, -0.05) is 50.6 Å². The Balaban J connectivity index is 2.59. The van der Waals surface area contributed by atoms with Gasteiger partial charge in [0.25, 0.3) is 0 Å². The van der Waals surface area contributed by atoms with Gasteiger partial charge in [-0.15, -0.1) is 0 Å². The topological polar surface area (TPSA) is 26.3 Å². The molecule has 0 heterocycles. The van der Waals surface area contributed by atoms with Crippen molar-refractivity contribution in [2.45, 2.75) is 46.1 Å². The van der Waals surface area contributed by atoms with Crippen LogP contribution in [-0.2, 0) is 9.53 Å². The van der Waals surface area contributed by atoms with Crippen molar-refractivity contribution in [3.63, 3.8) is 0 Å². The highest BCUT2D eigenvalue weighted by atomic mass is 16.5. The van der Waals surface area contributed by atoms with Crippen molar-refractivity contribution in [2.75, 3.05) is 6.61 Å². The van der Waals surface area contributed by atoms with Gasteiger partial charge in [-0.2, -0.15) is 0 Å². The maximum Gasteiger partial charge on any atom is 0.166 e. The van der Waals surface area contributed by atoms with E-state index >= 15 is 0 Å². The Labute approximate surface area is 110 Å². The number of benzene rings is 1. The molecule has 0 bridgehead atoms. The van der Waals surface area contributed by atoms with E-state index in [1.165, 1.54) is 0 Å². The van der Waals surface area contributed by atoms with Crippen LogP contribution in [0.5, 0.6) is 0 Å². The molecule has 1 aromatic carbocycles. The summed E-state index contributed by atoms with van der Waals surface area (Å²) in [5.41, 5.74) is 0.967. The van der Waals surface area contributed by atoms with Gasteiger partial charge in [-0.05, 0) is 24.8 Å². The van der Waals surface area contributed by atoms with Crippen LogP contribution in [0.25, 0.3) is 0 Å². The molecule has 2 nitrogen and oxygen atoms in total. The Morgan fingerprint density at radius 3 is 2.44 bits per heavy atom. The number of rotatable bonds is 8. The molecule has 18 heavy (non-hydrogen) atoms. The number of ketones is 1. The standard InChI is InChI=1S/C16H24O2/c1-4-18-16(14-10-6-5-7-11-14)15(17)12-8-9-13(2)3/h5-7,10-11,13,16H,4,8-9,12H2,1-3H3. The van der Waals surface area contributed by atoms with E-state index < -0.39 is 0 Å². The van der Waals surface area contributed by atoms with Gasteiger partial charge in [0.1, 0.15) is 6.10 Å². The lowest BCUT2D eigenvalue weighted by molar-refractivity contribution is -0.130. The molecule has 0 aliphatic heterocycles. The third-order valence-electron chi connectivity index (χ3n) is 2.93. The molecule has 0 N–H and O–H groups in total. The predicted octanol–water partition coefficient (Wildman–Crippen LogP) is 4.16. The van der Waals surface area contributed by atoms with E-state index in [1.54, 1.807) is 0 Å². The van der Waals surface area contributed by atoms with E-state index in [1.807, 2.05) is 37.3 Å². The summed E-state index contributed by atoms with van der Waals surface area (Å²) < 4.78 is 5.60. The highest BCUT2D eigenvalue weighted by Crippen LogP contribution is 2.21. The van der Waals surface area contributed by atoms with Gasteiger partial charge in [-0.25, -0.2) is 0 Å². The molecule has 0 aliphatic rings. The minimum atomic E-state index is -0.386. The summed E-state index contributed by atoms with van der Waals surface area (Å²) >= 11 is 0. The van der Waals surface area contributed by atoms with Gasteiger partial charge < -0.3 is 4.74 Å². The molecule has 0 aromatic heterocycles. The van der Waals surface area contributed by atoms with Crippen molar-refractivity contribution in [1.82, 2.24) is 0 Å². The predicted molar refractivity (Wildman–Crippen MR) is 74.5 cm³/mol. The van der Waals surface area contributed by atoms with Crippen LogP contribution in [0, 0.1) is 5.92 Å². The Morgan fingerprint density at radius 1 is 1.22 bits per heavy atom. The zero-order chi connectivity index (χ0) is 13.4. The highest BCUT2D eigenvalue weighted by Gasteiger charge is 2.19. The van der Waals surface area contributed by atoms with Crippen molar-refractivity contribution in [3.8, 4) is 0 Å².